The third-order valence-electron chi connectivity index (χ3n) is 1.81. The first-order chi connectivity index (χ1) is 7.00. The van der Waals surface area contributed by atoms with E-state index in [-0.39, 0.29) is 11.3 Å². The first-order valence-electron chi connectivity index (χ1n) is 4.15. The van der Waals surface area contributed by atoms with Gasteiger partial charge in [0.15, 0.2) is 0 Å². The fraction of sp³-hybridized carbons (Fsp3) is 0.100. The van der Waals surface area contributed by atoms with Gasteiger partial charge in [0.05, 0.1) is 10.9 Å². The summed E-state index contributed by atoms with van der Waals surface area (Å²) in [4.78, 5) is 20.2. The van der Waals surface area contributed by atoms with Crippen LogP contribution in [0.15, 0.2) is 29.8 Å². The number of rotatable bonds is 3. The van der Waals surface area contributed by atoms with E-state index >= 15 is 0 Å². The molecule has 0 spiro atoms. The summed E-state index contributed by atoms with van der Waals surface area (Å²) in [7, 11) is 0. The van der Waals surface area contributed by atoms with Gasteiger partial charge >= 0.3 is 0 Å². The van der Waals surface area contributed by atoms with Crippen molar-refractivity contribution in [1.29, 1.82) is 0 Å². The normalized spacial score (nSPS) is 11.1. The third kappa shape index (κ3) is 2.91. The predicted octanol–water partition coefficient (Wildman–Crippen LogP) is 0.748. The van der Waals surface area contributed by atoms with E-state index in [0.29, 0.717) is 5.56 Å². The monoisotopic (exact) mass is 206 g/mol. The van der Waals surface area contributed by atoms with Crippen LogP contribution in [0, 0.1) is 10.1 Å². The Labute approximate surface area is 85.8 Å². The molecule has 0 unspecified atom stereocenters. The summed E-state index contributed by atoms with van der Waals surface area (Å²) in [5.74, 6) is -1.26. The fourth-order valence-corrected chi connectivity index (χ4v) is 1.00. The number of benzene rings is 1. The number of carbonyl (C=O) groups excluding carboxylic acids is 1. The summed E-state index contributed by atoms with van der Waals surface area (Å²) in [6, 6.07) is 5.58. The lowest BCUT2D eigenvalue weighted by molar-refractivity contribution is -0.384. The average molecular weight is 206 g/mol. The molecule has 1 rings (SSSR count). The third-order valence-corrected chi connectivity index (χ3v) is 1.81. The van der Waals surface area contributed by atoms with E-state index in [1.54, 1.807) is 0 Å². The van der Waals surface area contributed by atoms with Crippen LogP contribution in [0.1, 0.15) is 12.5 Å². The van der Waals surface area contributed by atoms with Crippen LogP contribution in [0.4, 0.5) is 5.69 Å². The van der Waals surface area contributed by atoms with E-state index in [4.69, 9.17) is 0 Å². The van der Waals surface area contributed by atoms with E-state index in [1.165, 1.54) is 37.3 Å². The van der Waals surface area contributed by atoms with Gasteiger partial charge in [-0.3, -0.25) is 10.1 Å². The summed E-state index contributed by atoms with van der Waals surface area (Å²) >= 11 is 0. The molecule has 0 bridgehead atoms. The SMILES string of the molecule is CC(=Cc1ccc([N+](=O)[O-])cc1)C(=O)[O-]. The van der Waals surface area contributed by atoms with Crippen molar-refractivity contribution in [2.24, 2.45) is 0 Å². The maximum atomic E-state index is 10.4. The second-order valence-electron chi connectivity index (χ2n) is 2.96. The first kappa shape index (κ1) is 10.9. The lowest BCUT2D eigenvalue weighted by Crippen LogP contribution is -2.22. The van der Waals surface area contributed by atoms with Crippen LogP contribution in [0.3, 0.4) is 0 Å². The van der Waals surface area contributed by atoms with Crippen molar-refractivity contribution in [3.05, 3.63) is 45.5 Å². The molecule has 0 saturated heterocycles. The summed E-state index contributed by atoms with van der Waals surface area (Å²) in [5, 5.41) is 20.7. The number of nitro benzene ring substituents is 1. The Bertz CT molecular complexity index is 420. The number of nitro groups is 1. The van der Waals surface area contributed by atoms with Crippen molar-refractivity contribution in [2.45, 2.75) is 6.92 Å². The number of carboxylic acids is 1. The zero-order valence-corrected chi connectivity index (χ0v) is 7.97. The zero-order chi connectivity index (χ0) is 11.4. The van der Waals surface area contributed by atoms with Crippen molar-refractivity contribution in [3.8, 4) is 0 Å². The lowest BCUT2D eigenvalue weighted by Gasteiger charge is -2.01. The molecule has 1 aromatic carbocycles. The molecule has 15 heavy (non-hydrogen) atoms. The Morgan fingerprint density at radius 2 is 1.87 bits per heavy atom. The molecule has 0 aliphatic rings. The largest absolute Gasteiger partial charge is 0.545 e. The van der Waals surface area contributed by atoms with Gasteiger partial charge < -0.3 is 9.90 Å². The minimum absolute atomic E-state index is 0.0294. The van der Waals surface area contributed by atoms with Gasteiger partial charge in [0, 0.05) is 12.1 Å². The molecule has 1 aromatic rings. The number of hydrogen-bond donors (Lipinski definition) is 0. The molecule has 0 aromatic heterocycles. The maximum Gasteiger partial charge on any atom is 0.269 e. The standard InChI is InChI=1S/C10H9NO4/c1-7(10(12)13)6-8-2-4-9(5-3-8)11(14)15/h2-6H,1H3,(H,12,13)/p-1. The molecule has 0 radical (unpaired) electrons. The predicted molar refractivity (Wildman–Crippen MR) is 51.8 cm³/mol. The number of hydrogen-bond acceptors (Lipinski definition) is 4. The van der Waals surface area contributed by atoms with E-state index in [2.05, 4.69) is 0 Å². The van der Waals surface area contributed by atoms with Gasteiger partial charge in [-0.2, -0.15) is 0 Å². The van der Waals surface area contributed by atoms with Crippen LogP contribution in [-0.4, -0.2) is 10.9 Å². The smallest absolute Gasteiger partial charge is 0.269 e. The van der Waals surface area contributed by atoms with Crippen molar-refractivity contribution in [1.82, 2.24) is 0 Å². The lowest BCUT2D eigenvalue weighted by atomic mass is 10.1. The zero-order valence-electron chi connectivity index (χ0n) is 7.97. The summed E-state index contributed by atoms with van der Waals surface area (Å²) in [6.07, 6.45) is 1.39. The van der Waals surface area contributed by atoms with Crippen molar-refractivity contribution >= 4 is 17.7 Å². The quantitative estimate of drug-likeness (QED) is 0.415. The number of nitrogens with zero attached hydrogens (tertiary/aromatic N) is 1. The van der Waals surface area contributed by atoms with Crippen LogP contribution < -0.4 is 5.11 Å². The van der Waals surface area contributed by atoms with Crippen LogP contribution in [-0.2, 0) is 4.79 Å². The van der Waals surface area contributed by atoms with Gasteiger partial charge in [0.1, 0.15) is 0 Å². The average Bonchev–Trinajstić information content (AvgIpc) is 2.18. The van der Waals surface area contributed by atoms with Crippen LogP contribution >= 0.6 is 0 Å². The molecule has 0 heterocycles. The molecule has 0 amide bonds. The molecule has 0 fully saturated rings. The Morgan fingerprint density at radius 3 is 2.27 bits per heavy atom. The second kappa shape index (κ2) is 4.36. The summed E-state index contributed by atoms with van der Waals surface area (Å²) in [6.45, 7) is 1.40. The topological polar surface area (TPSA) is 83.3 Å². The molecule has 0 aliphatic carbocycles. The molecule has 0 saturated carbocycles. The Kier molecular flexibility index (Phi) is 3.17. The van der Waals surface area contributed by atoms with E-state index < -0.39 is 10.9 Å². The van der Waals surface area contributed by atoms with E-state index in [9.17, 15) is 20.0 Å². The highest BCUT2D eigenvalue weighted by Gasteiger charge is 2.02. The highest BCUT2D eigenvalue weighted by Crippen LogP contribution is 2.13. The molecule has 78 valence electrons. The molecule has 0 aliphatic heterocycles. The Morgan fingerprint density at radius 1 is 1.33 bits per heavy atom. The van der Waals surface area contributed by atoms with Gasteiger partial charge in [-0.05, 0) is 30.2 Å². The minimum Gasteiger partial charge on any atom is -0.545 e. The molecular formula is C10H8NO4-. The van der Waals surface area contributed by atoms with Gasteiger partial charge in [0.25, 0.3) is 5.69 Å². The van der Waals surface area contributed by atoms with Gasteiger partial charge in [0.2, 0.25) is 0 Å². The molecular weight excluding hydrogens is 198 g/mol. The van der Waals surface area contributed by atoms with Crippen molar-refractivity contribution in [3.63, 3.8) is 0 Å². The number of aliphatic carboxylic acids is 1. The number of non-ortho nitro benzene ring substituents is 1. The fourth-order valence-electron chi connectivity index (χ4n) is 1.00. The van der Waals surface area contributed by atoms with Gasteiger partial charge in [-0.15, -0.1) is 0 Å². The summed E-state index contributed by atoms with van der Waals surface area (Å²) < 4.78 is 0. The second-order valence-corrected chi connectivity index (χ2v) is 2.96. The Balaban J connectivity index is 2.95. The first-order valence-corrected chi connectivity index (χ1v) is 4.15. The van der Waals surface area contributed by atoms with E-state index in [1.807, 2.05) is 0 Å². The highest BCUT2D eigenvalue weighted by atomic mass is 16.6. The van der Waals surface area contributed by atoms with Crippen molar-refractivity contribution in [2.75, 3.05) is 0 Å². The number of carboxylic acid groups (broad SMARTS) is 1. The number of carbonyl (C=O) groups is 1. The Hall–Kier alpha value is -2.17. The van der Waals surface area contributed by atoms with Gasteiger partial charge in [-0.1, -0.05) is 6.08 Å². The van der Waals surface area contributed by atoms with Crippen LogP contribution in [0.2, 0.25) is 0 Å². The molecule has 0 N–H and O–H groups in total. The summed E-state index contributed by atoms with van der Waals surface area (Å²) in [5.41, 5.74) is 0.629. The van der Waals surface area contributed by atoms with Crippen LogP contribution in [0.25, 0.3) is 6.08 Å². The minimum atomic E-state index is -1.26. The molecule has 5 nitrogen and oxygen atoms in total. The maximum absolute atomic E-state index is 10.4. The van der Waals surface area contributed by atoms with E-state index in [0.717, 1.165) is 0 Å². The molecule has 0 atom stereocenters. The molecule has 5 heteroatoms. The van der Waals surface area contributed by atoms with Crippen molar-refractivity contribution < 1.29 is 14.8 Å². The van der Waals surface area contributed by atoms with Crippen LogP contribution in [0.5, 0.6) is 0 Å². The van der Waals surface area contributed by atoms with Gasteiger partial charge in [-0.25, -0.2) is 0 Å². The highest BCUT2D eigenvalue weighted by molar-refractivity contribution is 5.89.